The van der Waals surface area contributed by atoms with Crippen LogP contribution in [-0.2, 0) is 0 Å². The second kappa shape index (κ2) is 3.61. The van der Waals surface area contributed by atoms with E-state index in [4.69, 9.17) is 11.1 Å². The smallest absolute Gasteiger partial charge is 0.192 e. The molecule has 0 aliphatic carbocycles. The molecule has 2 aromatic carbocycles. The van der Waals surface area contributed by atoms with Crippen LogP contribution in [0.1, 0.15) is 0 Å². The van der Waals surface area contributed by atoms with Gasteiger partial charge < -0.3 is 10.6 Å². The minimum Gasteiger partial charge on any atom is -0.370 e. The highest BCUT2D eigenvalue weighted by Crippen LogP contribution is 2.25. The number of nitrogens with one attached hydrogen (secondary N) is 1. The predicted octanol–water partition coefficient (Wildman–Crippen LogP) is 2.17. The fraction of sp³-hybridized carbons (Fsp3) is 0.0833. The molecule has 0 fully saturated rings. The van der Waals surface area contributed by atoms with Gasteiger partial charge in [0.25, 0.3) is 0 Å². The van der Waals surface area contributed by atoms with Crippen molar-refractivity contribution >= 4 is 22.4 Å². The minimum absolute atomic E-state index is 0.0475. The van der Waals surface area contributed by atoms with Gasteiger partial charge in [0.1, 0.15) is 0 Å². The zero-order valence-corrected chi connectivity index (χ0v) is 8.57. The average Bonchev–Trinajstić information content (AvgIpc) is 2.27. The van der Waals surface area contributed by atoms with Crippen LogP contribution < -0.4 is 10.6 Å². The molecule has 0 aliphatic rings. The van der Waals surface area contributed by atoms with Crippen LogP contribution in [-0.4, -0.2) is 13.0 Å². The SMILES string of the molecule is CN(C(=N)N)c1cccc2ccccc12. The van der Waals surface area contributed by atoms with E-state index in [1.807, 2.05) is 42.5 Å². The van der Waals surface area contributed by atoms with Crippen LogP contribution in [0, 0.1) is 5.41 Å². The van der Waals surface area contributed by atoms with Crippen LogP contribution in [0.3, 0.4) is 0 Å². The Morgan fingerprint density at radius 1 is 1.13 bits per heavy atom. The summed E-state index contributed by atoms with van der Waals surface area (Å²) < 4.78 is 0. The molecule has 3 nitrogen and oxygen atoms in total. The summed E-state index contributed by atoms with van der Waals surface area (Å²) in [6, 6.07) is 14.0. The number of nitrogens with zero attached hydrogens (tertiary/aromatic N) is 1. The molecule has 76 valence electrons. The fourth-order valence-corrected chi connectivity index (χ4v) is 1.63. The van der Waals surface area contributed by atoms with Crippen LogP contribution in [0.15, 0.2) is 42.5 Å². The Balaban J connectivity index is 2.65. The summed E-state index contributed by atoms with van der Waals surface area (Å²) in [6.45, 7) is 0. The summed E-state index contributed by atoms with van der Waals surface area (Å²) in [4.78, 5) is 1.67. The molecular formula is C12H13N3. The lowest BCUT2D eigenvalue weighted by Crippen LogP contribution is -2.32. The fourth-order valence-electron chi connectivity index (χ4n) is 1.63. The van der Waals surface area contributed by atoms with Gasteiger partial charge >= 0.3 is 0 Å². The molecule has 15 heavy (non-hydrogen) atoms. The molecule has 0 saturated carbocycles. The molecule has 0 spiro atoms. The average molecular weight is 199 g/mol. The van der Waals surface area contributed by atoms with Gasteiger partial charge in [-0.2, -0.15) is 0 Å². The minimum atomic E-state index is 0.0475. The topological polar surface area (TPSA) is 53.1 Å². The summed E-state index contributed by atoms with van der Waals surface area (Å²) in [6.07, 6.45) is 0. The van der Waals surface area contributed by atoms with Crippen molar-refractivity contribution in [1.82, 2.24) is 0 Å². The molecule has 0 saturated heterocycles. The highest BCUT2D eigenvalue weighted by molar-refractivity contribution is 6.02. The van der Waals surface area contributed by atoms with E-state index in [1.165, 1.54) is 0 Å². The van der Waals surface area contributed by atoms with E-state index in [1.54, 1.807) is 11.9 Å². The van der Waals surface area contributed by atoms with Crippen LogP contribution >= 0.6 is 0 Å². The second-order valence-corrected chi connectivity index (χ2v) is 3.44. The van der Waals surface area contributed by atoms with E-state index in [0.29, 0.717) is 0 Å². The molecule has 3 heteroatoms. The van der Waals surface area contributed by atoms with Gasteiger partial charge in [0, 0.05) is 12.4 Å². The van der Waals surface area contributed by atoms with Gasteiger partial charge in [-0.3, -0.25) is 5.41 Å². The Labute approximate surface area is 88.6 Å². The van der Waals surface area contributed by atoms with Gasteiger partial charge in [0.15, 0.2) is 5.96 Å². The quantitative estimate of drug-likeness (QED) is 0.546. The van der Waals surface area contributed by atoms with E-state index in [9.17, 15) is 0 Å². The first-order valence-corrected chi connectivity index (χ1v) is 4.75. The number of hydrogen-bond acceptors (Lipinski definition) is 1. The van der Waals surface area contributed by atoms with Crippen molar-refractivity contribution in [2.24, 2.45) is 5.73 Å². The summed E-state index contributed by atoms with van der Waals surface area (Å²) >= 11 is 0. The maximum absolute atomic E-state index is 7.42. The Hall–Kier alpha value is -2.03. The molecule has 0 radical (unpaired) electrons. The molecule has 3 N–H and O–H groups in total. The van der Waals surface area contributed by atoms with Gasteiger partial charge in [0.05, 0.1) is 5.69 Å². The van der Waals surface area contributed by atoms with Gasteiger partial charge in [-0.15, -0.1) is 0 Å². The third kappa shape index (κ3) is 1.64. The molecule has 0 bridgehead atoms. The Morgan fingerprint density at radius 3 is 2.53 bits per heavy atom. The molecule has 0 aromatic heterocycles. The molecule has 2 aromatic rings. The Kier molecular flexibility index (Phi) is 2.29. The lowest BCUT2D eigenvalue weighted by atomic mass is 10.1. The summed E-state index contributed by atoms with van der Waals surface area (Å²) in [5, 5.41) is 9.68. The summed E-state index contributed by atoms with van der Waals surface area (Å²) in [5.74, 6) is 0.0475. The number of hydrogen-bond donors (Lipinski definition) is 2. The molecule has 0 unspecified atom stereocenters. The molecule has 2 rings (SSSR count). The molecule has 0 amide bonds. The van der Waals surface area contributed by atoms with E-state index < -0.39 is 0 Å². The first kappa shape index (κ1) is 9.52. The van der Waals surface area contributed by atoms with Crippen molar-refractivity contribution in [3.05, 3.63) is 42.5 Å². The Bertz CT molecular complexity index is 500. The van der Waals surface area contributed by atoms with Crippen molar-refractivity contribution in [1.29, 1.82) is 5.41 Å². The predicted molar refractivity (Wildman–Crippen MR) is 64.3 cm³/mol. The molecule has 0 aliphatic heterocycles. The van der Waals surface area contributed by atoms with Gasteiger partial charge in [-0.25, -0.2) is 0 Å². The van der Waals surface area contributed by atoms with Crippen LogP contribution in [0.2, 0.25) is 0 Å². The van der Waals surface area contributed by atoms with Gasteiger partial charge in [-0.1, -0.05) is 36.4 Å². The highest BCUT2D eigenvalue weighted by atomic mass is 15.2. The molecule has 0 atom stereocenters. The number of guanidine groups is 1. The zero-order valence-electron chi connectivity index (χ0n) is 8.57. The molecule has 0 heterocycles. The van der Waals surface area contributed by atoms with E-state index >= 15 is 0 Å². The van der Waals surface area contributed by atoms with Gasteiger partial charge in [-0.05, 0) is 11.5 Å². The standard InChI is InChI=1S/C12H13N3/c1-15(12(13)14)11-8-4-6-9-5-2-3-7-10(9)11/h2-8H,1H3,(H3,13,14). The lowest BCUT2D eigenvalue weighted by Gasteiger charge is -2.18. The van der Waals surface area contributed by atoms with Crippen molar-refractivity contribution in [2.75, 3.05) is 11.9 Å². The van der Waals surface area contributed by atoms with E-state index in [2.05, 4.69) is 0 Å². The molecular weight excluding hydrogens is 186 g/mol. The number of rotatable bonds is 1. The number of fused-ring (bicyclic) bond motifs is 1. The van der Waals surface area contributed by atoms with Crippen LogP contribution in [0.25, 0.3) is 10.8 Å². The van der Waals surface area contributed by atoms with Crippen molar-refractivity contribution in [3.63, 3.8) is 0 Å². The largest absolute Gasteiger partial charge is 0.370 e. The van der Waals surface area contributed by atoms with Crippen molar-refractivity contribution < 1.29 is 0 Å². The van der Waals surface area contributed by atoms with Crippen LogP contribution in [0.5, 0.6) is 0 Å². The monoisotopic (exact) mass is 199 g/mol. The van der Waals surface area contributed by atoms with Crippen LogP contribution in [0.4, 0.5) is 5.69 Å². The highest BCUT2D eigenvalue weighted by Gasteiger charge is 2.06. The first-order valence-electron chi connectivity index (χ1n) is 4.75. The van der Waals surface area contributed by atoms with Gasteiger partial charge in [0.2, 0.25) is 0 Å². The zero-order chi connectivity index (χ0) is 10.8. The third-order valence-corrected chi connectivity index (χ3v) is 2.49. The number of benzene rings is 2. The first-order chi connectivity index (χ1) is 7.20. The maximum atomic E-state index is 7.42. The van der Waals surface area contributed by atoms with Crippen molar-refractivity contribution in [3.8, 4) is 0 Å². The second-order valence-electron chi connectivity index (χ2n) is 3.44. The number of anilines is 1. The van der Waals surface area contributed by atoms with E-state index in [0.717, 1.165) is 16.5 Å². The normalized spacial score (nSPS) is 10.2. The third-order valence-electron chi connectivity index (χ3n) is 2.49. The summed E-state index contributed by atoms with van der Waals surface area (Å²) in [7, 11) is 1.80. The van der Waals surface area contributed by atoms with E-state index in [-0.39, 0.29) is 5.96 Å². The number of nitrogens with two attached hydrogens (primary N) is 1. The maximum Gasteiger partial charge on any atom is 0.192 e. The lowest BCUT2D eigenvalue weighted by molar-refractivity contribution is 1.21. The summed E-state index contributed by atoms with van der Waals surface area (Å²) in [5.41, 5.74) is 6.43. The van der Waals surface area contributed by atoms with Crippen molar-refractivity contribution in [2.45, 2.75) is 0 Å². The Morgan fingerprint density at radius 2 is 1.80 bits per heavy atom.